The molecule has 3 heterocycles. The van der Waals surface area contributed by atoms with Gasteiger partial charge >= 0.3 is 0 Å². The lowest BCUT2D eigenvalue weighted by Gasteiger charge is -2.00. The summed E-state index contributed by atoms with van der Waals surface area (Å²) in [5.41, 5.74) is 1.57. The van der Waals surface area contributed by atoms with Crippen LogP contribution in [0.1, 0.15) is 5.82 Å². The Hall–Kier alpha value is -3.81. The molecular formula is C19H11FN4O3. The molecule has 0 unspecified atom stereocenters. The highest BCUT2D eigenvalue weighted by atomic mass is 19.1. The van der Waals surface area contributed by atoms with Gasteiger partial charge in [-0.3, -0.25) is 9.36 Å². The monoisotopic (exact) mass is 362 g/mol. The molecule has 0 aliphatic rings. The summed E-state index contributed by atoms with van der Waals surface area (Å²) in [6.45, 7) is 0.0729. The van der Waals surface area contributed by atoms with Crippen molar-refractivity contribution in [2.45, 2.75) is 6.54 Å². The molecule has 0 spiro atoms. The Kier molecular flexibility index (Phi) is 3.36. The van der Waals surface area contributed by atoms with Gasteiger partial charge < -0.3 is 8.94 Å². The Morgan fingerprint density at radius 3 is 2.74 bits per heavy atom. The topological polar surface area (TPSA) is 87.0 Å². The molecule has 0 bridgehead atoms. The molecule has 27 heavy (non-hydrogen) atoms. The van der Waals surface area contributed by atoms with Gasteiger partial charge in [0.05, 0.1) is 12.9 Å². The van der Waals surface area contributed by atoms with Gasteiger partial charge in [-0.25, -0.2) is 9.37 Å². The highest BCUT2D eigenvalue weighted by Crippen LogP contribution is 2.24. The van der Waals surface area contributed by atoms with Crippen molar-refractivity contribution in [3.63, 3.8) is 0 Å². The van der Waals surface area contributed by atoms with Gasteiger partial charge in [0.15, 0.2) is 5.82 Å². The number of para-hydroxylation sites is 1. The molecule has 0 saturated heterocycles. The fraction of sp³-hybridized carbons (Fsp3) is 0.0526. The van der Waals surface area contributed by atoms with E-state index in [2.05, 4.69) is 15.1 Å². The van der Waals surface area contributed by atoms with Gasteiger partial charge in [-0.1, -0.05) is 17.3 Å². The Labute approximate surface area is 150 Å². The van der Waals surface area contributed by atoms with Crippen molar-refractivity contribution in [1.29, 1.82) is 0 Å². The second-order valence-electron chi connectivity index (χ2n) is 5.98. The van der Waals surface area contributed by atoms with E-state index in [0.717, 1.165) is 5.39 Å². The van der Waals surface area contributed by atoms with Crippen molar-refractivity contribution in [2.24, 2.45) is 0 Å². The summed E-state index contributed by atoms with van der Waals surface area (Å²) in [4.78, 5) is 21.3. The number of furan rings is 1. The fourth-order valence-corrected chi connectivity index (χ4v) is 2.91. The van der Waals surface area contributed by atoms with Crippen LogP contribution in [0, 0.1) is 5.82 Å². The lowest BCUT2D eigenvalue weighted by atomic mass is 10.2. The smallest absolute Gasteiger partial charge is 0.297 e. The summed E-state index contributed by atoms with van der Waals surface area (Å²) in [5.74, 6) is 0.194. The molecule has 0 aliphatic carbocycles. The summed E-state index contributed by atoms with van der Waals surface area (Å²) in [7, 11) is 0. The van der Waals surface area contributed by atoms with Gasteiger partial charge in [-0.15, -0.1) is 0 Å². The van der Waals surface area contributed by atoms with Crippen LogP contribution in [0.2, 0.25) is 0 Å². The summed E-state index contributed by atoms with van der Waals surface area (Å²) >= 11 is 0. The lowest BCUT2D eigenvalue weighted by molar-refractivity contribution is 0.420. The van der Waals surface area contributed by atoms with Gasteiger partial charge in [0.25, 0.3) is 11.4 Å². The number of nitrogens with zero attached hydrogens (tertiary/aromatic N) is 4. The molecule has 0 amide bonds. The lowest BCUT2D eigenvalue weighted by Crippen LogP contribution is -2.21. The fourth-order valence-electron chi connectivity index (χ4n) is 2.91. The van der Waals surface area contributed by atoms with Crippen LogP contribution < -0.4 is 5.56 Å². The molecule has 5 aromatic rings. The van der Waals surface area contributed by atoms with Crippen molar-refractivity contribution in [3.8, 4) is 11.5 Å². The Morgan fingerprint density at radius 2 is 1.89 bits per heavy atom. The number of fused-ring (bicyclic) bond motifs is 3. The maximum absolute atomic E-state index is 13.0. The van der Waals surface area contributed by atoms with Gasteiger partial charge in [0, 0.05) is 10.9 Å². The van der Waals surface area contributed by atoms with Gasteiger partial charge in [-0.2, -0.15) is 4.98 Å². The van der Waals surface area contributed by atoms with Crippen LogP contribution >= 0.6 is 0 Å². The predicted octanol–water partition coefficient (Wildman–Crippen LogP) is 3.38. The molecule has 0 atom stereocenters. The normalized spacial score (nSPS) is 11.4. The van der Waals surface area contributed by atoms with Crippen molar-refractivity contribution in [1.82, 2.24) is 19.7 Å². The van der Waals surface area contributed by atoms with Crippen molar-refractivity contribution in [3.05, 3.63) is 76.9 Å². The van der Waals surface area contributed by atoms with E-state index in [-0.39, 0.29) is 29.4 Å². The number of hydrogen-bond acceptors (Lipinski definition) is 6. The zero-order chi connectivity index (χ0) is 18.4. The molecule has 5 rings (SSSR count). The first-order valence-electron chi connectivity index (χ1n) is 8.14. The third-order valence-electron chi connectivity index (χ3n) is 4.22. The third-order valence-corrected chi connectivity index (χ3v) is 4.22. The molecule has 0 radical (unpaired) electrons. The Bertz CT molecular complexity index is 1330. The quantitative estimate of drug-likeness (QED) is 0.489. The largest absolute Gasteiger partial charge is 0.448 e. The molecule has 7 nitrogen and oxygen atoms in total. The summed E-state index contributed by atoms with van der Waals surface area (Å²) < 4.78 is 25.2. The maximum Gasteiger partial charge on any atom is 0.297 e. The van der Waals surface area contributed by atoms with E-state index in [1.54, 1.807) is 18.2 Å². The van der Waals surface area contributed by atoms with Crippen molar-refractivity contribution >= 4 is 22.1 Å². The van der Waals surface area contributed by atoms with Crippen LogP contribution in [0.15, 0.2) is 68.6 Å². The van der Waals surface area contributed by atoms with Gasteiger partial charge in [-0.05, 0) is 36.4 Å². The highest BCUT2D eigenvalue weighted by Gasteiger charge is 2.15. The molecule has 0 saturated carbocycles. The minimum absolute atomic E-state index is 0.0729. The van der Waals surface area contributed by atoms with E-state index in [1.165, 1.54) is 23.0 Å². The second-order valence-corrected chi connectivity index (χ2v) is 5.98. The molecule has 0 N–H and O–H groups in total. The molecular weight excluding hydrogens is 351 g/mol. The first-order valence-corrected chi connectivity index (χ1v) is 8.14. The average Bonchev–Trinajstić information content (AvgIpc) is 3.30. The molecule has 2 aromatic carbocycles. The number of aromatic nitrogens is 4. The Morgan fingerprint density at radius 1 is 1.07 bits per heavy atom. The zero-order valence-electron chi connectivity index (χ0n) is 13.8. The van der Waals surface area contributed by atoms with E-state index >= 15 is 0 Å². The minimum atomic E-state index is -0.352. The van der Waals surface area contributed by atoms with E-state index in [1.807, 2.05) is 18.2 Å². The first-order chi connectivity index (χ1) is 13.2. The molecule has 0 aliphatic heterocycles. The van der Waals surface area contributed by atoms with E-state index in [4.69, 9.17) is 8.94 Å². The summed E-state index contributed by atoms with van der Waals surface area (Å²) in [6, 6.07) is 13.0. The zero-order valence-corrected chi connectivity index (χ0v) is 13.8. The van der Waals surface area contributed by atoms with Crippen LogP contribution in [0.25, 0.3) is 33.5 Å². The molecule has 132 valence electrons. The number of halogens is 1. The second kappa shape index (κ2) is 5.87. The minimum Gasteiger partial charge on any atom is -0.448 e. The third kappa shape index (κ3) is 2.58. The first kappa shape index (κ1) is 15.4. The number of hydrogen-bond donors (Lipinski definition) is 0. The van der Waals surface area contributed by atoms with Crippen LogP contribution in [0.3, 0.4) is 0 Å². The highest BCUT2D eigenvalue weighted by molar-refractivity contribution is 6.01. The van der Waals surface area contributed by atoms with E-state index < -0.39 is 0 Å². The molecule has 3 aromatic heterocycles. The van der Waals surface area contributed by atoms with E-state index in [0.29, 0.717) is 22.5 Å². The molecule has 0 fully saturated rings. The number of benzene rings is 2. The Balaban J connectivity index is 1.51. The van der Waals surface area contributed by atoms with Gasteiger partial charge in [0.1, 0.15) is 16.9 Å². The number of rotatable bonds is 3. The standard InChI is InChI=1S/C19H11FN4O3/c20-12-7-5-11(6-8-12)18-22-15(23-27-18)9-24-10-21-16-13-3-1-2-4-14(13)26-17(16)19(24)25/h1-8,10H,9H2. The maximum atomic E-state index is 13.0. The van der Waals surface area contributed by atoms with Crippen molar-refractivity contribution in [2.75, 3.05) is 0 Å². The summed E-state index contributed by atoms with van der Waals surface area (Å²) in [6.07, 6.45) is 1.43. The van der Waals surface area contributed by atoms with E-state index in [9.17, 15) is 9.18 Å². The predicted molar refractivity (Wildman–Crippen MR) is 94.6 cm³/mol. The SMILES string of the molecule is O=c1c2oc3ccccc3c2ncn1Cc1noc(-c2ccc(F)cc2)n1. The average molecular weight is 362 g/mol. The van der Waals surface area contributed by atoms with Gasteiger partial charge in [0.2, 0.25) is 5.58 Å². The van der Waals surface area contributed by atoms with Crippen LogP contribution in [-0.4, -0.2) is 19.7 Å². The summed E-state index contributed by atoms with van der Waals surface area (Å²) in [5, 5.41) is 4.66. The van der Waals surface area contributed by atoms with Crippen molar-refractivity contribution < 1.29 is 13.3 Å². The van der Waals surface area contributed by atoms with Crippen LogP contribution in [0.5, 0.6) is 0 Å². The molecule has 8 heteroatoms. The van der Waals surface area contributed by atoms with Crippen LogP contribution in [0.4, 0.5) is 4.39 Å². The van der Waals surface area contributed by atoms with Crippen LogP contribution in [-0.2, 0) is 6.54 Å².